The van der Waals surface area contributed by atoms with Gasteiger partial charge in [-0.15, -0.1) is 0 Å². The molecule has 10 heavy (non-hydrogen) atoms. The molecule has 0 heterocycles. The van der Waals surface area contributed by atoms with Gasteiger partial charge < -0.3 is 11.5 Å². The summed E-state index contributed by atoms with van der Waals surface area (Å²) >= 11 is 0. The first-order chi connectivity index (χ1) is 4.74. The summed E-state index contributed by atoms with van der Waals surface area (Å²) in [5.74, 6) is 0. The molecule has 1 spiro atoms. The summed E-state index contributed by atoms with van der Waals surface area (Å²) in [7, 11) is 0. The molecule has 0 aliphatic heterocycles. The zero-order valence-electron chi connectivity index (χ0n) is 6.40. The van der Waals surface area contributed by atoms with E-state index in [0.717, 1.165) is 18.5 Å². The monoisotopic (exact) mass is 140 g/mol. The Kier molecular flexibility index (Phi) is 1.15. The van der Waals surface area contributed by atoms with Crippen LogP contribution in [0.2, 0.25) is 0 Å². The van der Waals surface area contributed by atoms with Crippen LogP contribution in [0.4, 0.5) is 0 Å². The molecule has 0 saturated heterocycles. The minimum absolute atomic E-state index is 0.358. The number of nitrogens with two attached hydrogens (primary N) is 2. The first-order valence-electron chi connectivity index (χ1n) is 4.14. The maximum absolute atomic E-state index is 5.65. The van der Waals surface area contributed by atoms with E-state index in [-0.39, 0.29) is 0 Å². The fourth-order valence-electron chi connectivity index (χ4n) is 2.44. The molecule has 0 aromatic carbocycles. The Morgan fingerprint density at radius 1 is 1.00 bits per heavy atom. The molecule has 2 rings (SSSR count). The van der Waals surface area contributed by atoms with Crippen LogP contribution in [0.1, 0.15) is 25.7 Å². The van der Waals surface area contributed by atoms with E-state index in [4.69, 9.17) is 11.5 Å². The molecule has 0 amide bonds. The van der Waals surface area contributed by atoms with Crippen molar-refractivity contribution in [3.8, 4) is 0 Å². The van der Waals surface area contributed by atoms with Crippen molar-refractivity contribution in [2.45, 2.75) is 25.7 Å². The average molecular weight is 140 g/mol. The van der Waals surface area contributed by atoms with Gasteiger partial charge in [0, 0.05) is 0 Å². The Morgan fingerprint density at radius 3 is 1.80 bits per heavy atom. The zero-order valence-corrected chi connectivity index (χ0v) is 6.40. The van der Waals surface area contributed by atoms with E-state index >= 15 is 0 Å². The van der Waals surface area contributed by atoms with Crippen LogP contribution < -0.4 is 11.5 Å². The molecule has 2 saturated carbocycles. The van der Waals surface area contributed by atoms with Crippen molar-refractivity contribution in [2.75, 3.05) is 13.1 Å². The molecule has 0 aromatic rings. The molecule has 0 radical (unpaired) electrons. The molecule has 0 atom stereocenters. The van der Waals surface area contributed by atoms with Gasteiger partial charge >= 0.3 is 0 Å². The summed E-state index contributed by atoms with van der Waals surface area (Å²) in [6.07, 6.45) is 5.50. The minimum atomic E-state index is 0.358. The van der Waals surface area contributed by atoms with Crippen LogP contribution in [0.5, 0.6) is 0 Å². The summed E-state index contributed by atoms with van der Waals surface area (Å²) in [6.45, 7) is 1.59. The highest BCUT2D eigenvalue weighted by atomic mass is 14.8. The highest BCUT2D eigenvalue weighted by Crippen LogP contribution is 2.67. The van der Waals surface area contributed by atoms with Crippen LogP contribution in [0.25, 0.3) is 0 Å². The molecular weight excluding hydrogens is 124 g/mol. The van der Waals surface area contributed by atoms with Gasteiger partial charge in [0.25, 0.3) is 0 Å². The standard InChI is InChI=1S/C8H16N2/c9-5-8(6-10)3-7(4-8)1-2-7/h1-6,9-10H2. The van der Waals surface area contributed by atoms with Crippen LogP contribution in [0, 0.1) is 10.8 Å². The first kappa shape index (κ1) is 6.62. The number of rotatable bonds is 2. The molecule has 2 nitrogen and oxygen atoms in total. The van der Waals surface area contributed by atoms with Crippen molar-refractivity contribution in [2.24, 2.45) is 22.3 Å². The van der Waals surface area contributed by atoms with Gasteiger partial charge in [-0.2, -0.15) is 0 Å². The Morgan fingerprint density at radius 2 is 1.50 bits per heavy atom. The van der Waals surface area contributed by atoms with E-state index < -0.39 is 0 Å². The van der Waals surface area contributed by atoms with Gasteiger partial charge in [0.2, 0.25) is 0 Å². The summed E-state index contributed by atoms with van der Waals surface area (Å²) in [5.41, 5.74) is 12.4. The van der Waals surface area contributed by atoms with Crippen LogP contribution in [-0.4, -0.2) is 13.1 Å². The van der Waals surface area contributed by atoms with Crippen LogP contribution in [-0.2, 0) is 0 Å². The molecule has 0 bridgehead atoms. The largest absolute Gasteiger partial charge is 0.330 e. The third-order valence-electron chi connectivity index (χ3n) is 3.32. The normalized spacial score (nSPS) is 31.8. The second-order valence-corrected chi connectivity index (χ2v) is 4.26. The van der Waals surface area contributed by atoms with Crippen molar-refractivity contribution in [1.82, 2.24) is 0 Å². The van der Waals surface area contributed by atoms with Gasteiger partial charge in [0.05, 0.1) is 0 Å². The van der Waals surface area contributed by atoms with Crippen molar-refractivity contribution in [3.63, 3.8) is 0 Å². The molecular formula is C8H16N2. The van der Waals surface area contributed by atoms with E-state index in [1.54, 1.807) is 0 Å². The molecule has 2 aliphatic rings. The van der Waals surface area contributed by atoms with E-state index in [2.05, 4.69) is 0 Å². The van der Waals surface area contributed by atoms with Crippen LogP contribution in [0.3, 0.4) is 0 Å². The van der Waals surface area contributed by atoms with Gasteiger partial charge in [-0.25, -0.2) is 0 Å². The Labute approximate surface area is 62.0 Å². The second kappa shape index (κ2) is 1.74. The Balaban J connectivity index is 1.95. The summed E-state index contributed by atoms with van der Waals surface area (Å²) in [4.78, 5) is 0. The van der Waals surface area contributed by atoms with Crippen molar-refractivity contribution in [3.05, 3.63) is 0 Å². The minimum Gasteiger partial charge on any atom is -0.330 e. The van der Waals surface area contributed by atoms with E-state index in [9.17, 15) is 0 Å². The lowest BCUT2D eigenvalue weighted by Crippen LogP contribution is -2.49. The Bertz CT molecular complexity index is 135. The van der Waals surface area contributed by atoms with Gasteiger partial charge in [-0.05, 0) is 49.6 Å². The van der Waals surface area contributed by atoms with E-state index in [1.807, 2.05) is 0 Å². The quantitative estimate of drug-likeness (QED) is 0.585. The molecule has 4 N–H and O–H groups in total. The summed E-state index contributed by atoms with van der Waals surface area (Å²) in [5, 5.41) is 0. The maximum atomic E-state index is 5.65. The predicted molar refractivity (Wildman–Crippen MR) is 41.4 cm³/mol. The summed E-state index contributed by atoms with van der Waals surface area (Å²) < 4.78 is 0. The van der Waals surface area contributed by atoms with Crippen LogP contribution >= 0.6 is 0 Å². The zero-order chi connectivity index (χ0) is 7.24. The van der Waals surface area contributed by atoms with E-state index in [0.29, 0.717) is 5.41 Å². The smallest absolute Gasteiger partial charge is 0.000803 e. The first-order valence-corrected chi connectivity index (χ1v) is 4.14. The lowest BCUT2D eigenvalue weighted by molar-refractivity contribution is 0.0535. The van der Waals surface area contributed by atoms with Gasteiger partial charge in [-0.1, -0.05) is 0 Å². The lowest BCUT2D eigenvalue weighted by Gasteiger charge is -2.47. The fourth-order valence-corrected chi connectivity index (χ4v) is 2.44. The number of hydrogen-bond acceptors (Lipinski definition) is 2. The van der Waals surface area contributed by atoms with E-state index in [1.165, 1.54) is 25.7 Å². The predicted octanol–water partition coefficient (Wildman–Crippen LogP) is 0.464. The molecule has 2 aliphatic carbocycles. The Hall–Kier alpha value is -0.0800. The molecule has 0 aromatic heterocycles. The SMILES string of the molecule is NCC1(CN)CC2(CC2)C1. The third-order valence-corrected chi connectivity index (χ3v) is 3.32. The molecule has 0 unspecified atom stereocenters. The molecule has 58 valence electrons. The topological polar surface area (TPSA) is 52.0 Å². The molecule has 2 fully saturated rings. The summed E-state index contributed by atoms with van der Waals surface area (Å²) in [6, 6.07) is 0. The maximum Gasteiger partial charge on any atom is -0.000803 e. The van der Waals surface area contributed by atoms with Crippen LogP contribution in [0.15, 0.2) is 0 Å². The number of hydrogen-bond donors (Lipinski definition) is 2. The lowest BCUT2D eigenvalue weighted by atomic mass is 9.59. The third kappa shape index (κ3) is 0.722. The highest BCUT2D eigenvalue weighted by Gasteiger charge is 2.59. The van der Waals surface area contributed by atoms with Crippen molar-refractivity contribution in [1.29, 1.82) is 0 Å². The van der Waals surface area contributed by atoms with Crippen molar-refractivity contribution < 1.29 is 0 Å². The fraction of sp³-hybridized carbons (Fsp3) is 1.00. The molecule has 2 heteroatoms. The van der Waals surface area contributed by atoms with Gasteiger partial charge in [0.15, 0.2) is 0 Å². The van der Waals surface area contributed by atoms with Gasteiger partial charge in [-0.3, -0.25) is 0 Å². The van der Waals surface area contributed by atoms with Crippen molar-refractivity contribution >= 4 is 0 Å². The van der Waals surface area contributed by atoms with Gasteiger partial charge in [0.1, 0.15) is 0 Å². The average Bonchev–Trinajstić information content (AvgIpc) is 2.63. The second-order valence-electron chi connectivity index (χ2n) is 4.26. The highest BCUT2D eigenvalue weighted by molar-refractivity contribution is 5.11.